The Morgan fingerprint density at radius 3 is 2.11 bits per heavy atom. The van der Waals surface area contributed by atoms with Gasteiger partial charge in [-0.2, -0.15) is 10.0 Å². The molecule has 0 aliphatic carbocycles. The molecule has 6 nitrogen and oxygen atoms in total. The second-order valence-electron chi connectivity index (χ2n) is 5.66. The average molecular weight is 280 g/mol. The molecule has 7 heteroatoms. The topological polar surface area (TPSA) is 73.2 Å². The van der Waals surface area contributed by atoms with Gasteiger partial charge in [-0.05, 0) is 45.8 Å². The summed E-state index contributed by atoms with van der Waals surface area (Å²) in [7, 11) is 0. The maximum absolute atomic E-state index is 11.4. The number of nitrogens with zero attached hydrogens (tertiary/aromatic N) is 2. The van der Waals surface area contributed by atoms with Crippen molar-refractivity contribution >= 4 is 11.1 Å². The van der Waals surface area contributed by atoms with E-state index in [1.807, 2.05) is 0 Å². The van der Waals surface area contributed by atoms with E-state index in [1.165, 1.54) is 6.42 Å². The minimum atomic E-state index is -2.07. The number of hydroxylamine groups is 4. The summed E-state index contributed by atoms with van der Waals surface area (Å²) >= 11 is -2.07. The Hall–Kier alpha value is -0.0500. The lowest BCUT2D eigenvalue weighted by molar-refractivity contribution is -0.474. The molecule has 0 bridgehead atoms. The molecule has 1 heterocycles. The molecule has 1 aliphatic rings. The van der Waals surface area contributed by atoms with Gasteiger partial charge in [0.2, 0.25) is 0 Å². The van der Waals surface area contributed by atoms with Crippen LogP contribution in [0.25, 0.3) is 0 Å². The lowest BCUT2D eigenvalue weighted by atomic mass is 9.90. The van der Waals surface area contributed by atoms with Crippen molar-refractivity contribution in [3.8, 4) is 0 Å². The summed E-state index contributed by atoms with van der Waals surface area (Å²) in [6.07, 6.45) is 3.23. The molecule has 1 aliphatic heterocycles. The second kappa shape index (κ2) is 5.94. The predicted molar refractivity (Wildman–Crippen MR) is 69.1 cm³/mol. The molecule has 0 aromatic carbocycles. The Morgan fingerprint density at radius 2 is 1.67 bits per heavy atom. The highest BCUT2D eigenvalue weighted by atomic mass is 32.2. The maximum Gasteiger partial charge on any atom is 0.160 e. The lowest BCUT2D eigenvalue weighted by Gasteiger charge is -2.43. The molecule has 0 spiro atoms. The Kier molecular flexibility index (Phi) is 5.28. The Balaban J connectivity index is 2.68. The fourth-order valence-corrected chi connectivity index (χ4v) is 2.11. The van der Waals surface area contributed by atoms with Crippen LogP contribution < -0.4 is 0 Å². The molecule has 0 radical (unpaired) electrons. The smallest absolute Gasteiger partial charge is 0.160 e. The summed E-state index contributed by atoms with van der Waals surface area (Å²) < 4.78 is 19.7. The first-order valence-electron chi connectivity index (χ1n) is 6.22. The maximum atomic E-state index is 11.4. The quantitative estimate of drug-likeness (QED) is 0.591. The second-order valence-corrected chi connectivity index (χ2v) is 7.18. The molecule has 1 atom stereocenters. The molecule has 2 N–H and O–H groups in total. The van der Waals surface area contributed by atoms with Crippen molar-refractivity contribution < 1.29 is 18.9 Å². The van der Waals surface area contributed by atoms with E-state index in [2.05, 4.69) is 0 Å². The SMILES string of the molecule is CC(C)(N(O)ON1CCCCC1)C(C)(C)S(=O)O. The van der Waals surface area contributed by atoms with Gasteiger partial charge >= 0.3 is 0 Å². The molecule has 0 amide bonds. The highest BCUT2D eigenvalue weighted by Gasteiger charge is 2.48. The zero-order valence-electron chi connectivity index (χ0n) is 11.5. The van der Waals surface area contributed by atoms with Gasteiger partial charge in [0.25, 0.3) is 0 Å². The monoisotopic (exact) mass is 280 g/mol. The lowest BCUT2D eigenvalue weighted by Crippen LogP contribution is -2.60. The Morgan fingerprint density at radius 1 is 1.17 bits per heavy atom. The fourth-order valence-electron chi connectivity index (χ4n) is 1.60. The van der Waals surface area contributed by atoms with E-state index in [-0.39, 0.29) is 0 Å². The van der Waals surface area contributed by atoms with Crippen molar-refractivity contribution in [2.75, 3.05) is 13.1 Å². The van der Waals surface area contributed by atoms with Crippen LogP contribution >= 0.6 is 0 Å². The van der Waals surface area contributed by atoms with E-state index in [0.29, 0.717) is 5.23 Å². The summed E-state index contributed by atoms with van der Waals surface area (Å²) in [6.45, 7) is 8.10. The standard InChI is InChI=1S/C11H24N2O4S/c1-10(2,11(3,4)18(15)16)13(14)17-12-8-6-5-7-9-12/h14H,5-9H2,1-4H3,(H,15,16). The molecular weight excluding hydrogens is 256 g/mol. The molecule has 1 unspecified atom stereocenters. The van der Waals surface area contributed by atoms with Crippen LogP contribution in [0.15, 0.2) is 0 Å². The van der Waals surface area contributed by atoms with Gasteiger partial charge in [0.15, 0.2) is 11.1 Å². The molecule has 1 saturated heterocycles. The first-order valence-corrected chi connectivity index (χ1v) is 7.33. The van der Waals surface area contributed by atoms with Crippen LogP contribution in [0.3, 0.4) is 0 Å². The minimum absolute atomic E-state index is 0.701. The summed E-state index contributed by atoms with van der Waals surface area (Å²) in [4.78, 5) is 5.37. The van der Waals surface area contributed by atoms with Crippen LogP contribution in [-0.2, 0) is 16.0 Å². The van der Waals surface area contributed by atoms with E-state index >= 15 is 0 Å². The van der Waals surface area contributed by atoms with E-state index in [9.17, 15) is 14.0 Å². The molecule has 0 aromatic rings. The molecule has 108 valence electrons. The van der Waals surface area contributed by atoms with Gasteiger partial charge in [-0.15, -0.1) is 0 Å². The first-order chi connectivity index (χ1) is 8.19. The zero-order chi connectivity index (χ0) is 14.0. The molecule has 0 aromatic heterocycles. The number of hydrogen-bond donors (Lipinski definition) is 2. The van der Waals surface area contributed by atoms with Crippen LogP contribution in [0, 0.1) is 0 Å². The Bertz CT molecular complexity index is 303. The largest absolute Gasteiger partial charge is 0.306 e. The van der Waals surface area contributed by atoms with Gasteiger partial charge in [-0.1, -0.05) is 6.42 Å². The van der Waals surface area contributed by atoms with Gasteiger partial charge < -0.3 is 4.55 Å². The van der Waals surface area contributed by atoms with Gasteiger partial charge in [-0.25, -0.2) is 4.21 Å². The molecule has 0 saturated carbocycles. The average Bonchev–Trinajstić information content (AvgIpc) is 2.29. The molecule has 1 rings (SSSR count). The van der Waals surface area contributed by atoms with Crippen LogP contribution in [0.2, 0.25) is 0 Å². The highest BCUT2D eigenvalue weighted by molar-refractivity contribution is 7.80. The number of rotatable bonds is 5. The first kappa shape index (κ1) is 16.0. The zero-order valence-corrected chi connectivity index (χ0v) is 12.4. The van der Waals surface area contributed by atoms with E-state index in [4.69, 9.17) is 4.94 Å². The van der Waals surface area contributed by atoms with Crippen molar-refractivity contribution in [3.63, 3.8) is 0 Å². The Labute approximate surface area is 111 Å². The van der Waals surface area contributed by atoms with Crippen molar-refractivity contribution in [3.05, 3.63) is 0 Å². The molecule has 18 heavy (non-hydrogen) atoms. The van der Waals surface area contributed by atoms with Crippen LogP contribution in [0.1, 0.15) is 47.0 Å². The third kappa shape index (κ3) is 3.28. The molecule has 1 fully saturated rings. The van der Waals surface area contributed by atoms with Crippen molar-refractivity contribution in [1.29, 1.82) is 0 Å². The molecular formula is C11H24N2O4S. The van der Waals surface area contributed by atoms with Crippen molar-refractivity contribution in [2.24, 2.45) is 0 Å². The number of hydrogen-bond acceptors (Lipinski definition) is 5. The normalized spacial score (nSPS) is 21.3. The fraction of sp³-hybridized carbons (Fsp3) is 1.00. The van der Waals surface area contributed by atoms with Crippen molar-refractivity contribution in [2.45, 2.75) is 57.2 Å². The minimum Gasteiger partial charge on any atom is -0.306 e. The van der Waals surface area contributed by atoms with Crippen LogP contribution in [0.5, 0.6) is 0 Å². The van der Waals surface area contributed by atoms with Crippen LogP contribution in [0.4, 0.5) is 0 Å². The van der Waals surface area contributed by atoms with Gasteiger partial charge in [-0.3, -0.25) is 5.21 Å². The van der Waals surface area contributed by atoms with Gasteiger partial charge in [0.05, 0.1) is 10.3 Å². The summed E-state index contributed by atoms with van der Waals surface area (Å²) in [5, 5.41) is 12.4. The summed E-state index contributed by atoms with van der Waals surface area (Å²) in [5.41, 5.74) is -0.996. The van der Waals surface area contributed by atoms with E-state index < -0.39 is 21.4 Å². The summed E-state index contributed by atoms with van der Waals surface area (Å²) in [6, 6.07) is 0. The van der Waals surface area contributed by atoms with Crippen LogP contribution in [-0.4, -0.2) is 47.6 Å². The van der Waals surface area contributed by atoms with Gasteiger partial charge in [0.1, 0.15) is 0 Å². The summed E-state index contributed by atoms with van der Waals surface area (Å²) in [5.74, 6) is 0. The predicted octanol–water partition coefficient (Wildman–Crippen LogP) is 1.79. The van der Waals surface area contributed by atoms with E-state index in [0.717, 1.165) is 25.9 Å². The van der Waals surface area contributed by atoms with Gasteiger partial charge in [0, 0.05) is 13.1 Å². The highest BCUT2D eigenvalue weighted by Crippen LogP contribution is 2.32. The third-order valence-electron chi connectivity index (χ3n) is 3.90. The third-order valence-corrected chi connectivity index (χ3v) is 5.27. The van der Waals surface area contributed by atoms with E-state index in [1.54, 1.807) is 32.8 Å². The van der Waals surface area contributed by atoms with Crippen molar-refractivity contribution in [1.82, 2.24) is 10.3 Å². The number of piperidine rings is 1.